The number of aryl methyl sites for hydroxylation is 1. The van der Waals surface area contributed by atoms with Crippen molar-refractivity contribution < 1.29 is 33.7 Å². The molecule has 2 aromatic rings. The fourth-order valence-corrected chi connectivity index (χ4v) is 4.76. The lowest BCUT2D eigenvalue weighted by Crippen LogP contribution is -2.42. The molecule has 2 aliphatic rings. The van der Waals surface area contributed by atoms with Crippen molar-refractivity contribution in [2.45, 2.75) is 13.0 Å². The SMILES string of the molecule is COc1ccc(C(=O)C2C(=O)C(=O)N(CCN3CCOCC3)C2c2ccc(O)c(OC)c2)cc1C. The normalized spacial score (nSPS) is 20.8. The van der Waals surface area contributed by atoms with Gasteiger partial charge in [0.2, 0.25) is 5.78 Å². The van der Waals surface area contributed by atoms with Crippen LogP contribution in [0.1, 0.15) is 27.5 Å². The van der Waals surface area contributed by atoms with Crippen LogP contribution in [0.3, 0.4) is 0 Å². The Kier molecular flexibility index (Phi) is 7.37. The second-order valence-corrected chi connectivity index (χ2v) is 8.72. The Morgan fingerprint density at radius 1 is 1.03 bits per heavy atom. The highest BCUT2D eigenvalue weighted by molar-refractivity contribution is 6.44. The topological polar surface area (TPSA) is 106 Å². The van der Waals surface area contributed by atoms with Crippen molar-refractivity contribution >= 4 is 17.5 Å². The highest BCUT2D eigenvalue weighted by Crippen LogP contribution is 2.41. The predicted molar refractivity (Wildman–Crippen MR) is 127 cm³/mol. The molecule has 4 rings (SSSR count). The number of hydrogen-bond acceptors (Lipinski definition) is 8. The zero-order valence-electron chi connectivity index (χ0n) is 20.2. The van der Waals surface area contributed by atoms with Gasteiger partial charge in [-0.3, -0.25) is 19.3 Å². The molecule has 1 amide bonds. The van der Waals surface area contributed by atoms with Gasteiger partial charge in [-0.05, 0) is 48.4 Å². The average molecular weight is 483 g/mol. The number of carbonyl (C=O) groups excluding carboxylic acids is 3. The van der Waals surface area contributed by atoms with Crippen LogP contribution in [0.25, 0.3) is 0 Å². The van der Waals surface area contributed by atoms with Gasteiger partial charge in [-0.15, -0.1) is 0 Å². The average Bonchev–Trinajstić information content (AvgIpc) is 3.12. The van der Waals surface area contributed by atoms with E-state index in [1.54, 1.807) is 37.4 Å². The number of morpholine rings is 1. The van der Waals surface area contributed by atoms with Crippen LogP contribution >= 0.6 is 0 Å². The van der Waals surface area contributed by atoms with E-state index < -0.39 is 29.4 Å². The van der Waals surface area contributed by atoms with Crippen molar-refractivity contribution in [1.82, 2.24) is 9.80 Å². The van der Waals surface area contributed by atoms with Gasteiger partial charge in [-0.1, -0.05) is 6.07 Å². The van der Waals surface area contributed by atoms with E-state index in [4.69, 9.17) is 14.2 Å². The lowest BCUT2D eigenvalue weighted by molar-refractivity contribution is -0.141. The van der Waals surface area contributed by atoms with E-state index in [1.165, 1.54) is 18.1 Å². The van der Waals surface area contributed by atoms with E-state index in [9.17, 15) is 19.5 Å². The van der Waals surface area contributed by atoms with Gasteiger partial charge in [0, 0.05) is 31.7 Å². The smallest absolute Gasteiger partial charge is 0.291 e. The van der Waals surface area contributed by atoms with Crippen LogP contribution in [0.2, 0.25) is 0 Å². The summed E-state index contributed by atoms with van der Waals surface area (Å²) in [5, 5.41) is 10.1. The maximum atomic E-state index is 13.7. The van der Waals surface area contributed by atoms with Crippen LogP contribution in [0, 0.1) is 12.8 Å². The first-order valence-electron chi connectivity index (χ1n) is 11.6. The molecule has 1 N–H and O–H groups in total. The Bertz CT molecular complexity index is 1130. The third-order valence-electron chi connectivity index (χ3n) is 6.67. The third-order valence-corrected chi connectivity index (χ3v) is 6.67. The van der Waals surface area contributed by atoms with E-state index in [1.807, 2.05) is 6.92 Å². The maximum Gasteiger partial charge on any atom is 0.291 e. The summed E-state index contributed by atoms with van der Waals surface area (Å²) in [5.41, 5.74) is 1.63. The second-order valence-electron chi connectivity index (χ2n) is 8.72. The predicted octanol–water partition coefficient (Wildman–Crippen LogP) is 2.00. The zero-order valence-corrected chi connectivity index (χ0v) is 20.2. The van der Waals surface area contributed by atoms with Gasteiger partial charge in [0.15, 0.2) is 17.3 Å². The Balaban J connectivity index is 1.71. The summed E-state index contributed by atoms with van der Waals surface area (Å²) < 4.78 is 15.9. The fourth-order valence-electron chi connectivity index (χ4n) is 4.76. The maximum absolute atomic E-state index is 13.7. The van der Waals surface area contributed by atoms with Gasteiger partial charge in [0.25, 0.3) is 5.91 Å². The van der Waals surface area contributed by atoms with Crippen LogP contribution in [0.5, 0.6) is 17.2 Å². The van der Waals surface area contributed by atoms with Crippen LogP contribution in [0.4, 0.5) is 0 Å². The molecule has 2 aliphatic heterocycles. The number of amides is 1. The minimum atomic E-state index is -1.21. The Hall–Kier alpha value is -3.43. The van der Waals surface area contributed by atoms with E-state index in [-0.39, 0.29) is 18.0 Å². The molecule has 2 atom stereocenters. The molecule has 0 aliphatic carbocycles. The second kappa shape index (κ2) is 10.5. The number of ketones is 2. The van der Waals surface area contributed by atoms with Crippen LogP contribution in [-0.4, -0.2) is 86.0 Å². The van der Waals surface area contributed by atoms with Crippen LogP contribution in [0.15, 0.2) is 36.4 Å². The van der Waals surface area contributed by atoms with Gasteiger partial charge < -0.3 is 24.2 Å². The number of likely N-dealkylation sites (tertiary alicyclic amines) is 1. The summed E-state index contributed by atoms with van der Waals surface area (Å²) in [7, 11) is 2.96. The largest absolute Gasteiger partial charge is 0.504 e. The van der Waals surface area contributed by atoms with E-state index >= 15 is 0 Å². The molecule has 0 radical (unpaired) electrons. The molecule has 2 fully saturated rings. The summed E-state index contributed by atoms with van der Waals surface area (Å²) in [6.07, 6.45) is 0. The fraction of sp³-hybridized carbons (Fsp3) is 0.423. The number of rotatable bonds is 8. The number of carbonyl (C=O) groups is 3. The lowest BCUT2D eigenvalue weighted by Gasteiger charge is -2.32. The molecule has 186 valence electrons. The first-order chi connectivity index (χ1) is 16.8. The Labute approximate surface area is 204 Å². The van der Waals surface area contributed by atoms with Crippen LogP contribution < -0.4 is 9.47 Å². The molecule has 2 saturated heterocycles. The van der Waals surface area contributed by atoms with E-state index in [0.29, 0.717) is 36.6 Å². The highest BCUT2D eigenvalue weighted by Gasteiger charge is 2.51. The molecule has 0 spiro atoms. The molecule has 9 nitrogen and oxygen atoms in total. The van der Waals surface area contributed by atoms with Crippen molar-refractivity contribution in [2.24, 2.45) is 5.92 Å². The van der Waals surface area contributed by atoms with Crippen molar-refractivity contribution in [1.29, 1.82) is 0 Å². The number of methoxy groups -OCH3 is 2. The minimum absolute atomic E-state index is 0.0691. The van der Waals surface area contributed by atoms with Crippen molar-refractivity contribution in [3.63, 3.8) is 0 Å². The summed E-state index contributed by atoms with van der Waals surface area (Å²) in [6.45, 7) is 5.35. The summed E-state index contributed by atoms with van der Waals surface area (Å²) in [4.78, 5) is 43.7. The molecular formula is C26H30N2O7. The quantitative estimate of drug-likeness (QED) is 0.346. The number of Topliss-reactive ketones (excluding diaryl/α,β-unsaturated/α-hetero) is 2. The minimum Gasteiger partial charge on any atom is -0.504 e. The molecule has 2 heterocycles. The molecule has 2 unspecified atom stereocenters. The first-order valence-corrected chi connectivity index (χ1v) is 11.6. The zero-order chi connectivity index (χ0) is 25.1. The van der Waals surface area contributed by atoms with Crippen LogP contribution in [-0.2, 0) is 14.3 Å². The standard InChI is InChI=1S/C26H30N2O7/c1-16-14-18(5-7-20(16)33-2)24(30)22-23(17-4-6-19(29)21(15-17)34-3)28(26(32)25(22)31)9-8-27-10-12-35-13-11-27/h4-7,14-15,22-23,29H,8-13H2,1-3H3. The summed E-state index contributed by atoms with van der Waals surface area (Å²) in [5.74, 6) is -2.30. The van der Waals surface area contributed by atoms with Gasteiger partial charge in [0.05, 0.1) is 33.5 Å². The number of ether oxygens (including phenoxy) is 3. The third kappa shape index (κ3) is 4.87. The molecular weight excluding hydrogens is 452 g/mol. The number of hydrogen-bond donors (Lipinski definition) is 1. The first kappa shape index (κ1) is 24.7. The Morgan fingerprint density at radius 2 is 1.74 bits per heavy atom. The van der Waals surface area contributed by atoms with E-state index in [2.05, 4.69) is 4.90 Å². The number of benzene rings is 2. The van der Waals surface area contributed by atoms with Gasteiger partial charge in [-0.25, -0.2) is 0 Å². The van der Waals surface area contributed by atoms with Gasteiger partial charge in [0.1, 0.15) is 11.7 Å². The van der Waals surface area contributed by atoms with E-state index in [0.717, 1.165) is 18.7 Å². The summed E-state index contributed by atoms with van der Waals surface area (Å²) in [6, 6.07) is 8.78. The van der Waals surface area contributed by atoms with Crippen molar-refractivity contribution in [3.05, 3.63) is 53.1 Å². The molecule has 35 heavy (non-hydrogen) atoms. The molecule has 2 aromatic carbocycles. The van der Waals surface area contributed by atoms with Gasteiger partial charge in [-0.2, -0.15) is 0 Å². The molecule has 0 aromatic heterocycles. The number of phenols is 1. The van der Waals surface area contributed by atoms with Crippen molar-refractivity contribution in [3.8, 4) is 17.2 Å². The lowest BCUT2D eigenvalue weighted by atomic mass is 9.85. The monoisotopic (exact) mass is 482 g/mol. The number of aromatic hydroxyl groups is 1. The summed E-state index contributed by atoms with van der Waals surface area (Å²) >= 11 is 0. The number of phenolic OH excluding ortho intramolecular Hbond substituents is 1. The Morgan fingerprint density at radius 3 is 2.40 bits per heavy atom. The molecule has 0 saturated carbocycles. The highest BCUT2D eigenvalue weighted by atomic mass is 16.5. The van der Waals surface area contributed by atoms with Crippen molar-refractivity contribution in [2.75, 3.05) is 53.6 Å². The number of nitrogens with zero attached hydrogens (tertiary/aromatic N) is 2. The van der Waals surface area contributed by atoms with Gasteiger partial charge >= 0.3 is 0 Å². The molecule has 0 bridgehead atoms. The molecule has 9 heteroatoms.